The van der Waals surface area contributed by atoms with Gasteiger partial charge in [-0.2, -0.15) is 11.3 Å². The largest absolute Gasteiger partial charge is 0.214 e. The minimum atomic E-state index is -3.15. The van der Waals surface area contributed by atoms with Crippen LogP contribution in [-0.4, -0.2) is 19.7 Å². The second kappa shape index (κ2) is 5.09. The molecule has 0 aliphatic heterocycles. The molecule has 0 saturated carbocycles. The van der Waals surface area contributed by atoms with E-state index in [-0.39, 0.29) is 11.3 Å². The highest BCUT2D eigenvalue weighted by Gasteiger charge is 2.18. The fourth-order valence-electron chi connectivity index (χ4n) is 1.22. The van der Waals surface area contributed by atoms with Gasteiger partial charge in [-0.3, -0.25) is 0 Å². The third kappa shape index (κ3) is 3.93. The molecule has 0 spiro atoms. The van der Waals surface area contributed by atoms with Crippen molar-refractivity contribution >= 4 is 21.4 Å². The predicted molar refractivity (Wildman–Crippen MR) is 64.7 cm³/mol. The number of nitrogens with one attached hydrogen (secondary N) is 1. The van der Waals surface area contributed by atoms with Crippen molar-refractivity contribution < 1.29 is 8.42 Å². The standard InChI is InChI=1S/C10H17NO2S2/c1-8(2)15(12,13)11-9(3)6-10-4-5-14-7-10/h4-5,7-9,11H,6H2,1-3H3. The van der Waals surface area contributed by atoms with E-state index in [0.29, 0.717) is 0 Å². The van der Waals surface area contributed by atoms with Crippen LogP contribution in [-0.2, 0) is 16.4 Å². The molecule has 1 atom stereocenters. The van der Waals surface area contributed by atoms with E-state index in [1.807, 2.05) is 23.8 Å². The van der Waals surface area contributed by atoms with Crippen LogP contribution in [0.4, 0.5) is 0 Å². The molecule has 15 heavy (non-hydrogen) atoms. The van der Waals surface area contributed by atoms with Crippen LogP contribution in [0.3, 0.4) is 0 Å². The Labute approximate surface area is 95.6 Å². The molecule has 86 valence electrons. The molecule has 1 unspecified atom stereocenters. The Kier molecular flexibility index (Phi) is 4.31. The molecule has 0 radical (unpaired) electrons. The van der Waals surface area contributed by atoms with E-state index in [2.05, 4.69) is 4.72 Å². The summed E-state index contributed by atoms with van der Waals surface area (Å²) in [5.74, 6) is 0. The summed E-state index contributed by atoms with van der Waals surface area (Å²) < 4.78 is 25.8. The van der Waals surface area contributed by atoms with Gasteiger partial charge in [0, 0.05) is 6.04 Å². The van der Waals surface area contributed by atoms with Crippen LogP contribution in [0.1, 0.15) is 26.3 Å². The highest BCUT2D eigenvalue weighted by Crippen LogP contribution is 2.09. The van der Waals surface area contributed by atoms with Crippen molar-refractivity contribution in [3.8, 4) is 0 Å². The highest BCUT2D eigenvalue weighted by atomic mass is 32.2. The molecule has 0 fully saturated rings. The second-order valence-electron chi connectivity index (χ2n) is 3.95. The Morgan fingerprint density at radius 3 is 2.53 bits per heavy atom. The molecule has 1 aromatic rings. The van der Waals surface area contributed by atoms with Crippen molar-refractivity contribution in [2.24, 2.45) is 0 Å². The maximum atomic E-state index is 11.6. The minimum Gasteiger partial charge on any atom is -0.212 e. The molecule has 3 nitrogen and oxygen atoms in total. The van der Waals surface area contributed by atoms with Gasteiger partial charge in [0.15, 0.2) is 0 Å². The zero-order valence-electron chi connectivity index (χ0n) is 9.23. The monoisotopic (exact) mass is 247 g/mol. The maximum absolute atomic E-state index is 11.6. The molecule has 1 aromatic heterocycles. The van der Waals surface area contributed by atoms with Crippen molar-refractivity contribution in [2.75, 3.05) is 0 Å². The summed E-state index contributed by atoms with van der Waals surface area (Å²) in [6.07, 6.45) is 0.745. The summed E-state index contributed by atoms with van der Waals surface area (Å²) >= 11 is 1.63. The van der Waals surface area contributed by atoms with E-state index in [1.54, 1.807) is 25.2 Å². The van der Waals surface area contributed by atoms with Gasteiger partial charge in [-0.15, -0.1) is 0 Å². The minimum absolute atomic E-state index is 0.0491. The van der Waals surface area contributed by atoms with Crippen LogP contribution in [0.15, 0.2) is 16.8 Å². The molecule has 0 aliphatic carbocycles. The van der Waals surface area contributed by atoms with Crippen LogP contribution >= 0.6 is 11.3 Å². The first-order valence-corrected chi connectivity index (χ1v) is 7.43. The quantitative estimate of drug-likeness (QED) is 0.865. The molecular weight excluding hydrogens is 230 g/mol. The summed E-state index contributed by atoms with van der Waals surface area (Å²) in [5, 5.41) is 3.67. The molecule has 0 aromatic carbocycles. The number of sulfonamides is 1. The van der Waals surface area contributed by atoms with Gasteiger partial charge in [0.2, 0.25) is 10.0 Å². The number of hydrogen-bond acceptors (Lipinski definition) is 3. The lowest BCUT2D eigenvalue weighted by Gasteiger charge is -2.15. The lowest BCUT2D eigenvalue weighted by Crippen LogP contribution is -2.38. The van der Waals surface area contributed by atoms with Gasteiger partial charge < -0.3 is 0 Å². The van der Waals surface area contributed by atoms with E-state index >= 15 is 0 Å². The normalized spacial score (nSPS) is 14.4. The fraction of sp³-hybridized carbons (Fsp3) is 0.600. The fourth-order valence-corrected chi connectivity index (χ4v) is 2.82. The number of hydrogen-bond donors (Lipinski definition) is 1. The third-order valence-electron chi connectivity index (χ3n) is 2.11. The molecule has 1 heterocycles. The second-order valence-corrected chi connectivity index (χ2v) is 7.00. The Morgan fingerprint density at radius 2 is 2.07 bits per heavy atom. The van der Waals surface area contributed by atoms with Gasteiger partial charge in [-0.05, 0) is 49.6 Å². The Balaban J connectivity index is 2.53. The molecule has 0 bridgehead atoms. The average Bonchev–Trinajstić information content (AvgIpc) is 2.54. The van der Waals surface area contributed by atoms with Crippen LogP contribution in [0.25, 0.3) is 0 Å². The van der Waals surface area contributed by atoms with E-state index in [1.165, 1.54) is 5.56 Å². The zero-order valence-corrected chi connectivity index (χ0v) is 10.9. The smallest absolute Gasteiger partial charge is 0.212 e. The topological polar surface area (TPSA) is 46.2 Å². The van der Waals surface area contributed by atoms with Crippen molar-refractivity contribution in [3.63, 3.8) is 0 Å². The van der Waals surface area contributed by atoms with Crippen LogP contribution < -0.4 is 4.72 Å². The van der Waals surface area contributed by atoms with Crippen molar-refractivity contribution in [1.29, 1.82) is 0 Å². The van der Waals surface area contributed by atoms with Gasteiger partial charge >= 0.3 is 0 Å². The molecule has 0 saturated heterocycles. The lowest BCUT2D eigenvalue weighted by atomic mass is 10.1. The number of thiophene rings is 1. The van der Waals surface area contributed by atoms with Gasteiger partial charge in [0.1, 0.15) is 0 Å². The van der Waals surface area contributed by atoms with Crippen LogP contribution in [0, 0.1) is 0 Å². The maximum Gasteiger partial charge on any atom is 0.214 e. The van der Waals surface area contributed by atoms with Crippen LogP contribution in [0.2, 0.25) is 0 Å². The highest BCUT2D eigenvalue weighted by molar-refractivity contribution is 7.90. The molecule has 0 amide bonds. The zero-order chi connectivity index (χ0) is 11.5. The van der Waals surface area contributed by atoms with Crippen molar-refractivity contribution in [2.45, 2.75) is 38.5 Å². The first-order chi connectivity index (χ1) is 6.92. The van der Waals surface area contributed by atoms with Crippen molar-refractivity contribution in [1.82, 2.24) is 4.72 Å². The Bertz CT molecular complexity index is 382. The Hall–Kier alpha value is -0.390. The van der Waals surface area contributed by atoms with E-state index in [4.69, 9.17) is 0 Å². The van der Waals surface area contributed by atoms with Gasteiger partial charge in [-0.1, -0.05) is 0 Å². The van der Waals surface area contributed by atoms with Crippen LogP contribution in [0.5, 0.6) is 0 Å². The first kappa shape index (κ1) is 12.7. The van der Waals surface area contributed by atoms with Gasteiger partial charge in [0.05, 0.1) is 5.25 Å². The van der Waals surface area contributed by atoms with Gasteiger partial charge in [-0.25, -0.2) is 13.1 Å². The molecule has 1 rings (SSSR count). The SMILES string of the molecule is CC(Cc1ccsc1)NS(=O)(=O)C(C)C. The summed E-state index contributed by atoms with van der Waals surface area (Å²) in [4.78, 5) is 0. The lowest BCUT2D eigenvalue weighted by molar-refractivity contribution is 0.551. The summed E-state index contributed by atoms with van der Waals surface area (Å²) in [7, 11) is -3.15. The van der Waals surface area contributed by atoms with E-state index < -0.39 is 10.0 Å². The van der Waals surface area contributed by atoms with E-state index in [0.717, 1.165) is 6.42 Å². The molecular formula is C10H17NO2S2. The van der Waals surface area contributed by atoms with Crippen molar-refractivity contribution in [3.05, 3.63) is 22.4 Å². The Morgan fingerprint density at radius 1 is 1.40 bits per heavy atom. The van der Waals surface area contributed by atoms with E-state index in [9.17, 15) is 8.42 Å². The predicted octanol–water partition coefficient (Wildman–Crippen LogP) is 2.01. The first-order valence-electron chi connectivity index (χ1n) is 4.94. The summed E-state index contributed by atoms with van der Waals surface area (Å²) in [6.45, 7) is 5.25. The third-order valence-corrected chi connectivity index (χ3v) is 4.81. The molecule has 0 aliphatic rings. The summed E-state index contributed by atoms with van der Waals surface area (Å²) in [5.41, 5.74) is 1.18. The summed E-state index contributed by atoms with van der Waals surface area (Å²) in [6, 6.07) is 1.97. The molecule has 1 N–H and O–H groups in total. The molecule has 5 heteroatoms. The van der Waals surface area contributed by atoms with Gasteiger partial charge in [0.25, 0.3) is 0 Å². The average molecular weight is 247 g/mol. The number of rotatable bonds is 5.